The normalized spacial score (nSPS) is 13.0. The van der Waals surface area contributed by atoms with Gasteiger partial charge >= 0.3 is 0 Å². The summed E-state index contributed by atoms with van der Waals surface area (Å²) < 4.78 is 4.70. The first-order valence-corrected chi connectivity index (χ1v) is 21.6. The highest BCUT2D eigenvalue weighted by Gasteiger charge is 2.39. The minimum Gasteiger partial charge on any atom is -0.309 e. The molecule has 0 amide bonds. The van der Waals surface area contributed by atoms with Gasteiger partial charge in [0.2, 0.25) is 5.95 Å². The van der Waals surface area contributed by atoms with E-state index in [2.05, 4.69) is 217 Å². The third-order valence-electron chi connectivity index (χ3n) is 13.4. The molecule has 0 spiro atoms. The first kappa shape index (κ1) is 35.6. The lowest BCUT2D eigenvalue weighted by Crippen LogP contribution is -2.16. The van der Waals surface area contributed by atoms with Crippen molar-refractivity contribution in [3.63, 3.8) is 0 Å². The average molecular weight is 806 g/mol. The Hall–Kier alpha value is -8.15. The molecule has 296 valence electrons. The van der Waals surface area contributed by atoms with Crippen LogP contribution in [0.2, 0.25) is 0 Å². The molecular weight excluding hydrogens is 767 g/mol. The summed E-state index contributed by atoms with van der Waals surface area (Å²) >= 11 is 0. The van der Waals surface area contributed by atoms with Crippen molar-refractivity contribution in [2.45, 2.75) is 19.3 Å². The minimum atomic E-state index is -0.218. The second-order valence-electron chi connectivity index (χ2n) is 17.2. The molecule has 0 fully saturated rings. The van der Waals surface area contributed by atoms with Gasteiger partial charge in [0.15, 0.2) is 0 Å². The lowest BCUT2D eigenvalue weighted by atomic mass is 9.81. The van der Waals surface area contributed by atoms with Crippen LogP contribution in [0.5, 0.6) is 0 Å². The topological polar surface area (TPSA) is 48.5 Å². The Morgan fingerprint density at radius 1 is 0.413 bits per heavy atom. The van der Waals surface area contributed by atoms with Gasteiger partial charge in [0.25, 0.3) is 0 Å². The van der Waals surface area contributed by atoms with E-state index in [0.717, 1.165) is 60.9 Å². The molecule has 13 rings (SSSR count). The van der Waals surface area contributed by atoms with Crippen LogP contribution >= 0.6 is 0 Å². The van der Waals surface area contributed by atoms with Gasteiger partial charge in [-0.15, -0.1) is 0 Å². The van der Waals surface area contributed by atoms with Crippen LogP contribution in [-0.2, 0) is 5.41 Å². The van der Waals surface area contributed by atoms with Gasteiger partial charge in [-0.3, -0.25) is 9.55 Å². The third kappa shape index (κ3) is 5.26. The lowest BCUT2D eigenvalue weighted by Gasteiger charge is -2.23. The van der Waals surface area contributed by atoms with Crippen LogP contribution in [0, 0.1) is 0 Å². The van der Waals surface area contributed by atoms with Crippen LogP contribution in [0.15, 0.2) is 200 Å². The van der Waals surface area contributed by atoms with E-state index in [1.165, 1.54) is 55.2 Å². The zero-order chi connectivity index (χ0) is 41.8. The molecule has 8 aromatic carbocycles. The zero-order valence-electron chi connectivity index (χ0n) is 34.8. The van der Waals surface area contributed by atoms with Gasteiger partial charge in [0.1, 0.15) is 0 Å². The summed E-state index contributed by atoms with van der Waals surface area (Å²) in [6.07, 6.45) is 1.92. The third-order valence-corrected chi connectivity index (χ3v) is 13.4. The molecule has 5 nitrogen and oxygen atoms in total. The van der Waals surface area contributed by atoms with E-state index < -0.39 is 0 Å². The summed E-state index contributed by atoms with van der Waals surface area (Å²) in [5.41, 5.74) is 18.0. The molecule has 5 heteroatoms. The second kappa shape index (κ2) is 13.4. The molecule has 12 aromatic rings. The predicted octanol–water partition coefficient (Wildman–Crippen LogP) is 14.5. The van der Waals surface area contributed by atoms with Gasteiger partial charge in [-0.1, -0.05) is 153 Å². The SMILES string of the molecule is CC1(C)c2cccnc2-c2ccc3c4cc(-c5ccc6c(c5)c5ccccc5n6-c5nc(-c6ccc(-c7ccccc7)cc6)c6ccccc6n5)ccc4n(-c4ccccc4)c3c21. The maximum Gasteiger partial charge on any atom is 0.235 e. The molecule has 1 aliphatic rings. The zero-order valence-corrected chi connectivity index (χ0v) is 34.8. The number of hydrogen-bond acceptors (Lipinski definition) is 3. The van der Waals surface area contributed by atoms with E-state index in [0.29, 0.717) is 5.95 Å². The number of benzene rings is 8. The molecule has 0 N–H and O–H groups in total. The van der Waals surface area contributed by atoms with Crippen molar-refractivity contribution in [3.05, 3.63) is 211 Å². The average Bonchev–Trinajstić information content (AvgIpc) is 3.94. The molecule has 0 saturated carbocycles. The largest absolute Gasteiger partial charge is 0.309 e. The summed E-state index contributed by atoms with van der Waals surface area (Å²) in [4.78, 5) is 15.5. The molecule has 1 aliphatic carbocycles. The Bertz CT molecular complexity index is 3800. The number of hydrogen-bond donors (Lipinski definition) is 0. The van der Waals surface area contributed by atoms with Gasteiger partial charge < -0.3 is 4.57 Å². The number of fused-ring (bicyclic) bond motifs is 11. The van der Waals surface area contributed by atoms with Gasteiger partial charge in [0, 0.05) is 55.4 Å². The van der Waals surface area contributed by atoms with Gasteiger partial charge in [-0.25, -0.2) is 9.97 Å². The van der Waals surface area contributed by atoms with Crippen LogP contribution in [0.3, 0.4) is 0 Å². The Labute approximate surface area is 364 Å². The Morgan fingerprint density at radius 3 is 1.79 bits per heavy atom. The molecule has 0 unspecified atom stereocenters. The Morgan fingerprint density at radius 2 is 1.02 bits per heavy atom. The van der Waals surface area contributed by atoms with Crippen molar-refractivity contribution in [2.24, 2.45) is 0 Å². The number of para-hydroxylation sites is 3. The van der Waals surface area contributed by atoms with E-state index in [9.17, 15) is 0 Å². The maximum atomic E-state index is 5.38. The summed E-state index contributed by atoms with van der Waals surface area (Å²) in [5.74, 6) is 0.651. The van der Waals surface area contributed by atoms with Crippen molar-refractivity contribution in [1.82, 2.24) is 24.1 Å². The fourth-order valence-electron chi connectivity index (χ4n) is 10.4. The van der Waals surface area contributed by atoms with Crippen LogP contribution in [0.25, 0.3) is 111 Å². The number of pyridine rings is 1. The highest BCUT2D eigenvalue weighted by Crippen LogP contribution is 2.52. The van der Waals surface area contributed by atoms with Crippen LogP contribution in [-0.4, -0.2) is 24.1 Å². The second-order valence-corrected chi connectivity index (χ2v) is 17.2. The van der Waals surface area contributed by atoms with E-state index in [-0.39, 0.29) is 5.41 Å². The van der Waals surface area contributed by atoms with E-state index in [1.54, 1.807) is 0 Å². The van der Waals surface area contributed by atoms with Gasteiger partial charge in [-0.05, 0) is 88.0 Å². The van der Waals surface area contributed by atoms with E-state index >= 15 is 0 Å². The predicted molar refractivity (Wildman–Crippen MR) is 260 cm³/mol. The van der Waals surface area contributed by atoms with Crippen molar-refractivity contribution in [1.29, 1.82) is 0 Å². The summed E-state index contributed by atoms with van der Waals surface area (Å²) in [6, 6.07) is 69.7. The molecular formula is C58H39N5. The van der Waals surface area contributed by atoms with Crippen molar-refractivity contribution in [2.75, 3.05) is 0 Å². The molecule has 4 heterocycles. The molecule has 0 saturated heterocycles. The molecule has 0 radical (unpaired) electrons. The highest BCUT2D eigenvalue weighted by molar-refractivity contribution is 6.15. The highest BCUT2D eigenvalue weighted by atomic mass is 15.2. The fraction of sp³-hybridized carbons (Fsp3) is 0.0517. The quantitative estimate of drug-likeness (QED) is 0.174. The number of aromatic nitrogens is 5. The van der Waals surface area contributed by atoms with Crippen LogP contribution < -0.4 is 0 Å². The van der Waals surface area contributed by atoms with Gasteiger partial charge in [0.05, 0.1) is 39.0 Å². The first-order chi connectivity index (χ1) is 31.0. The molecule has 0 atom stereocenters. The van der Waals surface area contributed by atoms with E-state index in [1.807, 2.05) is 6.20 Å². The van der Waals surface area contributed by atoms with Crippen molar-refractivity contribution in [3.8, 4) is 56.4 Å². The smallest absolute Gasteiger partial charge is 0.235 e. The van der Waals surface area contributed by atoms with Crippen molar-refractivity contribution < 1.29 is 0 Å². The van der Waals surface area contributed by atoms with E-state index in [4.69, 9.17) is 15.0 Å². The standard InChI is InChI=1S/C58H39N5/c1-58(2)48-20-13-33-59-55(48)45-30-29-43-47-35-40(27-31-51(47)62(56(43)53(45)58)41-16-7-4-8-17-41)39-28-32-52-46(34-39)42-18-10-12-22-50(42)63(52)57-60-49-21-11-9-19-44(49)54(61-57)38-25-23-37(24-26-38)36-14-5-3-6-15-36/h3-35H,1-2H3. The summed E-state index contributed by atoms with van der Waals surface area (Å²) in [7, 11) is 0. The Balaban J connectivity index is 0.984. The molecule has 4 aromatic heterocycles. The summed E-state index contributed by atoms with van der Waals surface area (Å²) in [6.45, 7) is 4.69. The monoisotopic (exact) mass is 805 g/mol. The van der Waals surface area contributed by atoms with Crippen LogP contribution in [0.1, 0.15) is 25.0 Å². The minimum absolute atomic E-state index is 0.218. The molecule has 0 bridgehead atoms. The first-order valence-electron chi connectivity index (χ1n) is 21.6. The molecule has 63 heavy (non-hydrogen) atoms. The fourth-order valence-corrected chi connectivity index (χ4v) is 10.4. The number of nitrogens with zero attached hydrogens (tertiary/aromatic N) is 5. The number of rotatable bonds is 5. The summed E-state index contributed by atoms with van der Waals surface area (Å²) in [5, 5.41) is 5.81. The van der Waals surface area contributed by atoms with Gasteiger partial charge in [-0.2, -0.15) is 0 Å². The van der Waals surface area contributed by atoms with Crippen molar-refractivity contribution >= 4 is 54.5 Å². The molecule has 0 aliphatic heterocycles. The maximum absolute atomic E-state index is 5.38. The van der Waals surface area contributed by atoms with Crippen LogP contribution in [0.4, 0.5) is 0 Å². The lowest BCUT2D eigenvalue weighted by molar-refractivity contribution is 0.662. The Kier molecular flexibility index (Phi) is 7.58.